The molecule has 0 saturated heterocycles. The van der Waals surface area contributed by atoms with Crippen molar-refractivity contribution in [2.24, 2.45) is 11.7 Å². The summed E-state index contributed by atoms with van der Waals surface area (Å²) in [6.45, 7) is 6.37. The van der Waals surface area contributed by atoms with E-state index in [1.807, 2.05) is 6.07 Å². The molecule has 0 saturated carbocycles. The quantitative estimate of drug-likeness (QED) is 0.821. The van der Waals surface area contributed by atoms with Crippen molar-refractivity contribution >= 4 is 12.4 Å². The molecule has 0 radical (unpaired) electrons. The van der Waals surface area contributed by atoms with Crippen LogP contribution < -0.4 is 5.73 Å². The maximum atomic E-state index is 6.03. The van der Waals surface area contributed by atoms with Crippen molar-refractivity contribution in [2.75, 3.05) is 0 Å². The first-order valence-corrected chi connectivity index (χ1v) is 4.83. The van der Waals surface area contributed by atoms with Gasteiger partial charge in [0.05, 0.1) is 0 Å². The van der Waals surface area contributed by atoms with Gasteiger partial charge < -0.3 is 5.73 Å². The summed E-state index contributed by atoms with van der Waals surface area (Å²) in [4.78, 5) is 0. The Kier molecular flexibility index (Phi) is 5.17. The highest BCUT2D eigenvalue weighted by molar-refractivity contribution is 5.85. The molecule has 1 aromatic rings. The van der Waals surface area contributed by atoms with Crippen LogP contribution in [0.2, 0.25) is 0 Å². The highest BCUT2D eigenvalue weighted by atomic mass is 35.5. The average molecular weight is 214 g/mol. The Hall–Kier alpha value is -0.530. The van der Waals surface area contributed by atoms with Gasteiger partial charge in [0.25, 0.3) is 0 Å². The second-order valence-electron chi connectivity index (χ2n) is 4.41. The van der Waals surface area contributed by atoms with Crippen LogP contribution in [0.25, 0.3) is 0 Å². The van der Waals surface area contributed by atoms with Crippen molar-refractivity contribution in [3.8, 4) is 0 Å². The fourth-order valence-corrected chi connectivity index (χ4v) is 1.23. The van der Waals surface area contributed by atoms with E-state index in [2.05, 4.69) is 45.0 Å². The van der Waals surface area contributed by atoms with E-state index in [0.717, 1.165) is 6.42 Å². The second kappa shape index (κ2) is 5.38. The minimum Gasteiger partial charge on any atom is -0.325 e. The molecule has 14 heavy (non-hydrogen) atoms. The molecule has 1 atom stereocenters. The zero-order valence-electron chi connectivity index (χ0n) is 9.16. The molecule has 0 fully saturated rings. The van der Waals surface area contributed by atoms with E-state index in [1.54, 1.807) is 0 Å². The molecule has 0 spiro atoms. The largest absolute Gasteiger partial charge is 0.325 e. The number of hydrogen-bond acceptors (Lipinski definition) is 1. The first kappa shape index (κ1) is 13.5. The van der Waals surface area contributed by atoms with Crippen LogP contribution in [0.3, 0.4) is 0 Å². The molecular weight excluding hydrogens is 194 g/mol. The van der Waals surface area contributed by atoms with Crippen molar-refractivity contribution in [2.45, 2.75) is 32.7 Å². The highest BCUT2D eigenvalue weighted by Crippen LogP contribution is 2.17. The minimum absolute atomic E-state index is 0. The van der Waals surface area contributed by atoms with Crippen molar-refractivity contribution in [1.29, 1.82) is 0 Å². The third kappa shape index (κ3) is 4.12. The summed E-state index contributed by atoms with van der Waals surface area (Å²) in [6, 6.07) is 10.5. The molecule has 0 amide bonds. The van der Waals surface area contributed by atoms with Crippen LogP contribution in [0.5, 0.6) is 0 Å². The normalized spacial score (nSPS) is 13.1. The van der Waals surface area contributed by atoms with E-state index in [4.69, 9.17) is 5.73 Å². The van der Waals surface area contributed by atoms with Gasteiger partial charge in [0, 0.05) is 5.54 Å². The van der Waals surface area contributed by atoms with Crippen molar-refractivity contribution in [3.05, 3.63) is 35.9 Å². The molecule has 1 rings (SSSR count). The molecule has 1 aromatic carbocycles. The van der Waals surface area contributed by atoms with Gasteiger partial charge in [-0.15, -0.1) is 12.4 Å². The molecule has 0 bridgehead atoms. The van der Waals surface area contributed by atoms with Crippen molar-refractivity contribution < 1.29 is 0 Å². The molecule has 0 aliphatic carbocycles. The van der Waals surface area contributed by atoms with Gasteiger partial charge in [-0.1, -0.05) is 37.3 Å². The Morgan fingerprint density at radius 2 is 1.71 bits per heavy atom. The van der Waals surface area contributed by atoms with Gasteiger partial charge in [-0.3, -0.25) is 0 Å². The number of rotatable bonds is 3. The predicted molar refractivity (Wildman–Crippen MR) is 64.8 cm³/mol. The van der Waals surface area contributed by atoms with Crippen LogP contribution in [0.1, 0.15) is 26.3 Å². The smallest absolute Gasteiger partial charge is 0.0126 e. The summed E-state index contributed by atoms with van der Waals surface area (Å²) >= 11 is 0. The van der Waals surface area contributed by atoms with E-state index in [0.29, 0.717) is 5.92 Å². The fourth-order valence-electron chi connectivity index (χ4n) is 1.23. The van der Waals surface area contributed by atoms with Crippen LogP contribution in [-0.4, -0.2) is 5.54 Å². The van der Waals surface area contributed by atoms with Crippen molar-refractivity contribution in [1.82, 2.24) is 0 Å². The number of nitrogens with two attached hydrogens (primary N) is 1. The van der Waals surface area contributed by atoms with E-state index in [9.17, 15) is 0 Å². The summed E-state index contributed by atoms with van der Waals surface area (Å²) < 4.78 is 0. The van der Waals surface area contributed by atoms with Gasteiger partial charge >= 0.3 is 0 Å². The zero-order valence-corrected chi connectivity index (χ0v) is 9.97. The van der Waals surface area contributed by atoms with Gasteiger partial charge in [0.15, 0.2) is 0 Å². The van der Waals surface area contributed by atoms with Gasteiger partial charge in [0.2, 0.25) is 0 Å². The molecule has 80 valence electrons. The molecular formula is C12H20ClN. The first-order chi connectivity index (χ1) is 6.00. The van der Waals surface area contributed by atoms with Gasteiger partial charge in [-0.05, 0) is 31.7 Å². The summed E-state index contributed by atoms with van der Waals surface area (Å²) in [7, 11) is 0. The van der Waals surface area contributed by atoms with E-state index < -0.39 is 0 Å². The second-order valence-corrected chi connectivity index (χ2v) is 4.41. The lowest BCUT2D eigenvalue weighted by molar-refractivity contribution is 0.344. The van der Waals surface area contributed by atoms with Crippen molar-refractivity contribution in [3.63, 3.8) is 0 Å². The topological polar surface area (TPSA) is 26.0 Å². The molecule has 0 aromatic heterocycles. The Labute approximate surface area is 93.1 Å². The van der Waals surface area contributed by atoms with Crippen LogP contribution in [0, 0.1) is 5.92 Å². The maximum absolute atomic E-state index is 6.03. The van der Waals surface area contributed by atoms with E-state index in [-0.39, 0.29) is 17.9 Å². The Morgan fingerprint density at radius 3 is 2.14 bits per heavy atom. The molecule has 1 nitrogen and oxygen atoms in total. The monoisotopic (exact) mass is 213 g/mol. The average Bonchev–Trinajstić information content (AvgIpc) is 2.04. The van der Waals surface area contributed by atoms with Crippen LogP contribution >= 0.6 is 12.4 Å². The van der Waals surface area contributed by atoms with Crippen LogP contribution in [0.15, 0.2) is 30.3 Å². The molecule has 2 heteroatoms. The zero-order chi connectivity index (χ0) is 9.90. The lowest BCUT2D eigenvalue weighted by Crippen LogP contribution is -2.40. The summed E-state index contributed by atoms with van der Waals surface area (Å²) in [5.41, 5.74) is 7.31. The van der Waals surface area contributed by atoms with Crippen LogP contribution in [0.4, 0.5) is 0 Å². The predicted octanol–water partition coefficient (Wildman–Crippen LogP) is 3.02. The van der Waals surface area contributed by atoms with Gasteiger partial charge in [-0.25, -0.2) is 0 Å². The SMILES string of the molecule is CC(Cc1ccccc1)C(C)(C)N.Cl. The Balaban J connectivity index is 0.00000169. The van der Waals surface area contributed by atoms with E-state index in [1.165, 1.54) is 5.56 Å². The first-order valence-electron chi connectivity index (χ1n) is 4.83. The highest BCUT2D eigenvalue weighted by Gasteiger charge is 2.20. The summed E-state index contributed by atoms with van der Waals surface area (Å²) in [6.07, 6.45) is 1.06. The molecule has 0 aliphatic rings. The van der Waals surface area contributed by atoms with Gasteiger partial charge in [0.1, 0.15) is 0 Å². The lowest BCUT2D eigenvalue weighted by atomic mass is 9.85. The number of benzene rings is 1. The summed E-state index contributed by atoms with van der Waals surface area (Å²) in [5.74, 6) is 0.509. The molecule has 0 heterocycles. The Bertz CT molecular complexity index is 251. The van der Waals surface area contributed by atoms with Gasteiger partial charge in [-0.2, -0.15) is 0 Å². The number of hydrogen-bond donors (Lipinski definition) is 1. The van der Waals surface area contributed by atoms with E-state index >= 15 is 0 Å². The van der Waals surface area contributed by atoms with Crippen LogP contribution in [-0.2, 0) is 6.42 Å². The third-order valence-corrected chi connectivity index (χ3v) is 2.65. The molecule has 2 N–H and O–H groups in total. The minimum atomic E-state index is -0.0875. The standard InChI is InChI=1S/C12H19N.ClH/c1-10(12(2,3)13)9-11-7-5-4-6-8-11;/h4-8,10H,9,13H2,1-3H3;1H. The lowest BCUT2D eigenvalue weighted by Gasteiger charge is -2.27. The Morgan fingerprint density at radius 1 is 1.21 bits per heavy atom. The number of halogens is 1. The molecule has 1 unspecified atom stereocenters. The maximum Gasteiger partial charge on any atom is 0.0126 e. The molecule has 0 aliphatic heterocycles. The third-order valence-electron chi connectivity index (χ3n) is 2.65. The fraction of sp³-hybridized carbons (Fsp3) is 0.500. The summed E-state index contributed by atoms with van der Waals surface area (Å²) in [5, 5.41) is 0.